The quantitative estimate of drug-likeness (QED) is 0.752. The van der Waals surface area contributed by atoms with Gasteiger partial charge in [0.05, 0.1) is 7.11 Å². The monoisotopic (exact) mass is 199 g/mol. The fourth-order valence-electron chi connectivity index (χ4n) is 1.84. The maximum atomic E-state index is 5.91. The van der Waals surface area contributed by atoms with Crippen LogP contribution in [0.1, 0.15) is 23.6 Å². The maximum absolute atomic E-state index is 5.91. The first-order chi connectivity index (χ1) is 5.83. The summed E-state index contributed by atoms with van der Waals surface area (Å²) in [5.41, 5.74) is 8.47. The molecule has 0 aliphatic heterocycles. The Bertz CT molecular complexity index is 301. The third kappa shape index (κ3) is 1.64. The highest BCUT2D eigenvalue weighted by atomic mass is 35.5. The summed E-state index contributed by atoms with van der Waals surface area (Å²) < 4.78 is 5.25. The minimum Gasteiger partial charge on any atom is -0.496 e. The minimum atomic E-state index is 0. The van der Waals surface area contributed by atoms with Crippen molar-refractivity contribution in [1.82, 2.24) is 0 Å². The lowest BCUT2D eigenvalue weighted by Gasteiger charge is -2.07. The fourth-order valence-corrected chi connectivity index (χ4v) is 1.84. The second kappa shape index (κ2) is 3.99. The fraction of sp³-hybridized carbons (Fsp3) is 0.400. The van der Waals surface area contributed by atoms with Crippen molar-refractivity contribution in [1.29, 1.82) is 0 Å². The summed E-state index contributed by atoms with van der Waals surface area (Å²) in [6, 6.07) is 6.31. The molecular weight excluding hydrogens is 186 g/mol. The molecule has 1 aliphatic carbocycles. The molecular formula is C10H14ClNO. The Morgan fingerprint density at radius 2 is 2.23 bits per heavy atom. The molecule has 13 heavy (non-hydrogen) atoms. The van der Waals surface area contributed by atoms with Gasteiger partial charge in [-0.15, -0.1) is 12.4 Å². The summed E-state index contributed by atoms with van der Waals surface area (Å²) in [5.74, 6) is 0.987. The zero-order valence-corrected chi connectivity index (χ0v) is 8.43. The molecule has 72 valence electrons. The van der Waals surface area contributed by atoms with E-state index in [1.54, 1.807) is 7.11 Å². The van der Waals surface area contributed by atoms with Crippen LogP contribution in [0.2, 0.25) is 0 Å². The predicted octanol–water partition coefficient (Wildman–Crippen LogP) is 2.06. The number of fused-ring (bicyclic) bond motifs is 1. The highest BCUT2D eigenvalue weighted by Crippen LogP contribution is 2.34. The molecule has 0 saturated heterocycles. The van der Waals surface area contributed by atoms with Crippen LogP contribution in [0.5, 0.6) is 5.75 Å². The van der Waals surface area contributed by atoms with Crippen molar-refractivity contribution in [2.75, 3.05) is 7.11 Å². The lowest BCUT2D eigenvalue weighted by Crippen LogP contribution is -2.04. The van der Waals surface area contributed by atoms with Crippen molar-refractivity contribution < 1.29 is 4.74 Å². The van der Waals surface area contributed by atoms with Crippen LogP contribution in [-0.4, -0.2) is 7.11 Å². The van der Waals surface area contributed by atoms with Crippen molar-refractivity contribution in [3.05, 3.63) is 29.3 Å². The third-order valence-electron chi connectivity index (χ3n) is 2.49. The molecule has 0 amide bonds. The van der Waals surface area contributed by atoms with Crippen molar-refractivity contribution >= 4 is 12.4 Å². The summed E-state index contributed by atoms with van der Waals surface area (Å²) in [6.07, 6.45) is 2.11. The number of hydrogen-bond acceptors (Lipinski definition) is 2. The van der Waals surface area contributed by atoms with Crippen LogP contribution in [0.15, 0.2) is 18.2 Å². The van der Waals surface area contributed by atoms with Crippen molar-refractivity contribution in [2.24, 2.45) is 5.73 Å². The van der Waals surface area contributed by atoms with Crippen molar-refractivity contribution in [3.8, 4) is 5.75 Å². The second-order valence-electron chi connectivity index (χ2n) is 3.17. The van der Waals surface area contributed by atoms with E-state index in [0.29, 0.717) is 0 Å². The lowest BCUT2D eigenvalue weighted by atomic mass is 10.1. The van der Waals surface area contributed by atoms with E-state index in [-0.39, 0.29) is 18.4 Å². The van der Waals surface area contributed by atoms with Gasteiger partial charge in [0.1, 0.15) is 5.75 Å². The van der Waals surface area contributed by atoms with E-state index in [0.717, 1.165) is 18.6 Å². The van der Waals surface area contributed by atoms with E-state index in [1.165, 1.54) is 11.1 Å². The SMILES string of the molecule is COc1cccc2c1CC[C@@H]2N.Cl. The number of ether oxygens (including phenoxy) is 1. The van der Waals surface area contributed by atoms with Crippen LogP contribution in [-0.2, 0) is 6.42 Å². The molecule has 0 saturated carbocycles. The van der Waals surface area contributed by atoms with E-state index in [1.807, 2.05) is 12.1 Å². The summed E-state index contributed by atoms with van der Waals surface area (Å²) >= 11 is 0. The van der Waals surface area contributed by atoms with Gasteiger partial charge >= 0.3 is 0 Å². The summed E-state index contributed by atoms with van der Waals surface area (Å²) in [6.45, 7) is 0. The first-order valence-corrected chi connectivity index (χ1v) is 4.24. The average Bonchev–Trinajstić information content (AvgIpc) is 2.48. The van der Waals surface area contributed by atoms with Gasteiger partial charge in [0.25, 0.3) is 0 Å². The highest BCUT2D eigenvalue weighted by molar-refractivity contribution is 5.85. The molecule has 3 heteroatoms. The molecule has 0 aromatic heterocycles. The van der Waals surface area contributed by atoms with E-state index in [9.17, 15) is 0 Å². The molecule has 0 unspecified atom stereocenters. The summed E-state index contributed by atoms with van der Waals surface area (Å²) in [4.78, 5) is 0. The Morgan fingerprint density at radius 1 is 1.46 bits per heavy atom. The largest absolute Gasteiger partial charge is 0.496 e. The first kappa shape index (κ1) is 10.4. The van der Waals surface area contributed by atoms with Crippen LogP contribution in [0.25, 0.3) is 0 Å². The van der Waals surface area contributed by atoms with Crippen molar-refractivity contribution in [3.63, 3.8) is 0 Å². The smallest absolute Gasteiger partial charge is 0.122 e. The summed E-state index contributed by atoms with van der Waals surface area (Å²) in [7, 11) is 1.71. The molecule has 1 atom stereocenters. The standard InChI is InChI=1S/C10H13NO.ClH/c1-12-10-4-2-3-7-8(10)5-6-9(7)11;/h2-4,9H,5-6,11H2,1H3;1H/t9-;/m0./s1. The Labute approximate surface area is 84.5 Å². The number of benzene rings is 1. The molecule has 1 aromatic carbocycles. The Morgan fingerprint density at radius 3 is 2.92 bits per heavy atom. The van der Waals surface area contributed by atoms with Gasteiger partial charge in [0.15, 0.2) is 0 Å². The van der Waals surface area contributed by atoms with E-state index in [4.69, 9.17) is 10.5 Å². The van der Waals surface area contributed by atoms with Crippen molar-refractivity contribution in [2.45, 2.75) is 18.9 Å². The van der Waals surface area contributed by atoms with Gasteiger partial charge in [-0.25, -0.2) is 0 Å². The van der Waals surface area contributed by atoms with Gasteiger partial charge < -0.3 is 10.5 Å². The van der Waals surface area contributed by atoms with Gasteiger partial charge in [-0.1, -0.05) is 12.1 Å². The number of halogens is 1. The predicted molar refractivity (Wildman–Crippen MR) is 55.5 cm³/mol. The number of hydrogen-bond donors (Lipinski definition) is 1. The van der Waals surface area contributed by atoms with Crippen LogP contribution >= 0.6 is 12.4 Å². The Kier molecular flexibility index (Phi) is 3.17. The van der Waals surface area contributed by atoms with Gasteiger partial charge in [-0.2, -0.15) is 0 Å². The highest BCUT2D eigenvalue weighted by Gasteiger charge is 2.21. The van der Waals surface area contributed by atoms with Crippen LogP contribution in [0.4, 0.5) is 0 Å². The molecule has 1 aromatic rings. The lowest BCUT2D eigenvalue weighted by molar-refractivity contribution is 0.410. The van der Waals surface area contributed by atoms with Crippen LogP contribution < -0.4 is 10.5 Å². The number of nitrogens with two attached hydrogens (primary N) is 1. The first-order valence-electron chi connectivity index (χ1n) is 4.24. The molecule has 0 heterocycles. The molecule has 0 spiro atoms. The summed E-state index contributed by atoms with van der Waals surface area (Å²) in [5, 5.41) is 0. The average molecular weight is 200 g/mol. The van der Waals surface area contributed by atoms with Gasteiger partial charge in [0, 0.05) is 6.04 Å². The maximum Gasteiger partial charge on any atom is 0.122 e. The second-order valence-corrected chi connectivity index (χ2v) is 3.17. The van der Waals surface area contributed by atoms with Gasteiger partial charge in [0.2, 0.25) is 0 Å². The van der Waals surface area contributed by atoms with Crippen LogP contribution in [0, 0.1) is 0 Å². The number of rotatable bonds is 1. The molecule has 2 nitrogen and oxygen atoms in total. The third-order valence-corrected chi connectivity index (χ3v) is 2.49. The molecule has 2 rings (SSSR count). The minimum absolute atomic E-state index is 0. The zero-order chi connectivity index (χ0) is 8.55. The van der Waals surface area contributed by atoms with E-state index >= 15 is 0 Å². The topological polar surface area (TPSA) is 35.2 Å². The normalized spacial score (nSPS) is 19.1. The van der Waals surface area contributed by atoms with Gasteiger partial charge in [-0.3, -0.25) is 0 Å². The van der Waals surface area contributed by atoms with Gasteiger partial charge in [-0.05, 0) is 30.0 Å². The zero-order valence-electron chi connectivity index (χ0n) is 7.62. The van der Waals surface area contributed by atoms with E-state index < -0.39 is 0 Å². The molecule has 1 aliphatic rings. The molecule has 0 radical (unpaired) electrons. The molecule has 0 bridgehead atoms. The van der Waals surface area contributed by atoms with E-state index in [2.05, 4.69) is 6.07 Å². The Balaban J connectivity index is 0.000000845. The Hall–Kier alpha value is -0.730. The number of methoxy groups -OCH3 is 1. The molecule has 0 fully saturated rings. The van der Waals surface area contributed by atoms with Crippen LogP contribution in [0.3, 0.4) is 0 Å². The molecule has 2 N–H and O–H groups in total.